The number of carboxylic acids is 1. The summed E-state index contributed by atoms with van der Waals surface area (Å²) in [6, 6.07) is 14.7. The predicted molar refractivity (Wildman–Crippen MR) is 154 cm³/mol. The average molecular weight is 576 g/mol. The Morgan fingerprint density at radius 3 is 2.38 bits per heavy atom. The number of aryl methyl sites for hydroxylation is 1. The fourth-order valence-corrected chi connectivity index (χ4v) is 6.10. The lowest BCUT2D eigenvalue weighted by atomic mass is 9.73. The number of rotatable bonds is 15. The molecule has 0 bridgehead atoms. The molecule has 0 radical (unpaired) electrons. The molecule has 1 saturated carbocycles. The minimum atomic E-state index is -2.09. The summed E-state index contributed by atoms with van der Waals surface area (Å²) in [4.78, 5) is 12.0. The lowest BCUT2D eigenvalue weighted by molar-refractivity contribution is -0.158. The van der Waals surface area contributed by atoms with Crippen LogP contribution in [-0.2, 0) is 11.2 Å². The van der Waals surface area contributed by atoms with Gasteiger partial charge in [-0.3, -0.25) is 0 Å². The molecule has 0 heterocycles. The van der Waals surface area contributed by atoms with Crippen molar-refractivity contribution in [1.29, 1.82) is 0 Å². The van der Waals surface area contributed by atoms with Gasteiger partial charge in [-0.05, 0) is 89.2 Å². The predicted octanol–water partition coefficient (Wildman–Crippen LogP) is 9.80. The number of halogens is 2. The van der Waals surface area contributed by atoms with E-state index in [1.165, 1.54) is 24.8 Å². The zero-order valence-electron chi connectivity index (χ0n) is 22.6. The van der Waals surface area contributed by atoms with Gasteiger partial charge in [-0.15, -0.1) is 0 Å². The van der Waals surface area contributed by atoms with Crippen LogP contribution in [0.1, 0.15) is 96.5 Å². The maximum absolute atomic E-state index is 15.8. The summed E-state index contributed by atoms with van der Waals surface area (Å²) in [5.41, 5.74) is 1.37. The first-order valence-corrected chi connectivity index (χ1v) is 15.1. The van der Waals surface area contributed by atoms with Gasteiger partial charge in [0.25, 0.3) is 0 Å². The van der Waals surface area contributed by atoms with Crippen LogP contribution < -0.4 is 4.74 Å². The fourth-order valence-electron chi connectivity index (χ4n) is 5.60. The molecule has 0 saturated heterocycles. The van der Waals surface area contributed by atoms with Gasteiger partial charge in [-0.25, -0.2) is 9.18 Å². The molecular weight excluding hydrogens is 531 g/mol. The Labute approximate surface area is 231 Å². The van der Waals surface area contributed by atoms with Gasteiger partial charge in [0.05, 0.1) is 11.1 Å². The van der Waals surface area contributed by atoms with Gasteiger partial charge in [0.15, 0.2) is 0 Å². The highest BCUT2D eigenvalue weighted by Gasteiger charge is 2.47. The Hall–Kier alpha value is -1.88. The van der Waals surface area contributed by atoms with Crippen LogP contribution in [0.2, 0.25) is 0 Å². The van der Waals surface area contributed by atoms with Crippen LogP contribution in [0.4, 0.5) is 4.39 Å². The van der Waals surface area contributed by atoms with Crippen molar-refractivity contribution < 1.29 is 19.0 Å². The first-order chi connectivity index (χ1) is 17.9. The van der Waals surface area contributed by atoms with Crippen LogP contribution in [-0.4, -0.2) is 23.4 Å². The first-order valence-electron chi connectivity index (χ1n) is 14.3. The molecule has 0 spiro atoms. The number of aliphatic carboxylic acids is 1. The van der Waals surface area contributed by atoms with Gasteiger partial charge in [0, 0.05) is 5.92 Å². The molecule has 3 rings (SSSR count). The molecule has 1 fully saturated rings. The highest BCUT2D eigenvalue weighted by molar-refractivity contribution is 9.10. The summed E-state index contributed by atoms with van der Waals surface area (Å²) in [5.74, 6) is -0.667. The Bertz CT molecular complexity index is 970. The van der Waals surface area contributed by atoms with Crippen LogP contribution >= 0.6 is 15.9 Å². The maximum Gasteiger partial charge on any atom is 0.341 e. The number of ether oxygens (including phenoxy) is 1. The van der Waals surface area contributed by atoms with Gasteiger partial charge >= 0.3 is 5.97 Å². The summed E-state index contributed by atoms with van der Waals surface area (Å²) < 4.78 is 22.7. The summed E-state index contributed by atoms with van der Waals surface area (Å²) in [7, 11) is 0. The van der Waals surface area contributed by atoms with E-state index in [0.717, 1.165) is 72.9 Å². The molecule has 3 nitrogen and oxygen atoms in total. The molecule has 1 N–H and O–H groups in total. The Balaban J connectivity index is 1.56. The van der Waals surface area contributed by atoms with Crippen molar-refractivity contribution in [1.82, 2.24) is 0 Å². The van der Waals surface area contributed by atoms with E-state index < -0.39 is 11.6 Å². The fraction of sp³-hybridized carbons (Fsp3) is 0.594. The SMILES string of the molecule is CCCCCCOc1ccc(-c2ccc(CCC(CC)C[C@@](F)(C(=O)O)C3CCCCC3)cc2)cc1Br. The third-order valence-corrected chi connectivity index (χ3v) is 8.71. The van der Waals surface area contributed by atoms with E-state index >= 15 is 4.39 Å². The minimum absolute atomic E-state index is 0.0631. The lowest BCUT2D eigenvalue weighted by Crippen LogP contribution is -2.44. The monoisotopic (exact) mass is 574 g/mol. The van der Waals surface area contributed by atoms with Crippen LogP contribution in [0.15, 0.2) is 46.9 Å². The Kier molecular flexibility index (Phi) is 11.9. The standard InChI is InChI=1S/C32H44BrFO3/c1-3-5-6-10-21-37-30-20-19-27(22-29(30)33)26-17-15-25(16-18-26)14-13-24(4-2)23-32(34,31(35)36)28-11-8-7-9-12-28/h15-20,22,24,28H,3-14,21,23H2,1-2H3,(H,35,36)/t24?,32-/m0/s1. The highest BCUT2D eigenvalue weighted by Crippen LogP contribution is 2.41. The maximum atomic E-state index is 15.8. The van der Waals surface area contributed by atoms with Crippen molar-refractivity contribution in [3.63, 3.8) is 0 Å². The van der Waals surface area contributed by atoms with Gasteiger partial charge in [-0.2, -0.15) is 0 Å². The smallest absolute Gasteiger partial charge is 0.341 e. The summed E-state index contributed by atoms with van der Waals surface area (Å²) >= 11 is 3.66. The second kappa shape index (κ2) is 14.9. The molecule has 0 aromatic heterocycles. The number of hydrogen-bond donors (Lipinski definition) is 1. The van der Waals surface area contributed by atoms with Crippen LogP contribution in [0.25, 0.3) is 11.1 Å². The summed E-state index contributed by atoms with van der Waals surface area (Å²) in [6.07, 6.45) is 11.7. The normalized spacial score (nSPS) is 16.8. The molecule has 1 unspecified atom stereocenters. The number of carboxylic acid groups (broad SMARTS) is 1. The first kappa shape index (κ1) is 29.7. The van der Waals surface area contributed by atoms with Crippen LogP contribution in [0.5, 0.6) is 5.75 Å². The molecule has 0 amide bonds. The van der Waals surface area contributed by atoms with Gasteiger partial charge in [0.2, 0.25) is 5.67 Å². The van der Waals surface area contributed by atoms with E-state index in [0.29, 0.717) is 12.8 Å². The number of hydrogen-bond acceptors (Lipinski definition) is 2. The number of carbonyl (C=O) groups is 1. The van der Waals surface area contributed by atoms with E-state index in [2.05, 4.69) is 59.3 Å². The zero-order valence-corrected chi connectivity index (χ0v) is 24.2. The van der Waals surface area contributed by atoms with E-state index in [-0.39, 0.29) is 18.3 Å². The topological polar surface area (TPSA) is 46.5 Å². The van der Waals surface area contributed by atoms with E-state index in [1.54, 1.807) is 0 Å². The molecule has 1 aliphatic rings. The third kappa shape index (κ3) is 8.56. The van der Waals surface area contributed by atoms with Gasteiger partial charge in [0.1, 0.15) is 5.75 Å². The van der Waals surface area contributed by atoms with Crippen LogP contribution in [0, 0.1) is 11.8 Å². The number of alkyl halides is 1. The quantitative estimate of drug-likeness (QED) is 0.215. The molecule has 37 heavy (non-hydrogen) atoms. The summed E-state index contributed by atoms with van der Waals surface area (Å²) in [6.45, 7) is 5.00. The van der Waals surface area contributed by atoms with E-state index in [9.17, 15) is 9.90 Å². The number of benzene rings is 2. The van der Waals surface area contributed by atoms with Crippen molar-refractivity contribution in [3.05, 3.63) is 52.5 Å². The van der Waals surface area contributed by atoms with Crippen molar-refractivity contribution >= 4 is 21.9 Å². The van der Waals surface area contributed by atoms with E-state index in [1.807, 2.05) is 13.0 Å². The molecule has 0 aliphatic heterocycles. The van der Waals surface area contributed by atoms with E-state index in [4.69, 9.17) is 4.74 Å². The zero-order chi connectivity index (χ0) is 26.7. The van der Waals surface area contributed by atoms with Crippen molar-refractivity contribution in [2.75, 3.05) is 6.61 Å². The Morgan fingerprint density at radius 2 is 1.76 bits per heavy atom. The second-order valence-corrected chi connectivity index (χ2v) is 11.6. The second-order valence-electron chi connectivity index (χ2n) is 10.8. The lowest BCUT2D eigenvalue weighted by Gasteiger charge is -2.35. The molecule has 2 aromatic carbocycles. The van der Waals surface area contributed by atoms with Gasteiger partial charge < -0.3 is 9.84 Å². The molecular formula is C32H44BrFO3. The summed E-state index contributed by atoms with van der Waals surface area (Å²) in [5, 5.41) is 9.78. The highest BCUT2D eigenvalue weighted by atomic mass is 79.9. The third-order valence-electron chi connectivity index (χ3n) is 8.09. The van der Waals surface area contributed by atoms with Crippen LogP contribution in [0.3, 0.4) is 0 Å². The Morgan fingerprint density at radius 1 is 1.05 bits per heavy atom. The van der Waals surface area contributed by atoms with Crippen molar-refractivity contribution in [3.8, 4) is 16.9 Å². The average Bonchev–Trinajstić information content (AvgIpc) is 2.92. The molecule has 5 heteroatoms. The molecule has 204 valence electrons. The molecule has 2 aromatic rings. The molecule has 2 atom stereocenters. The number of unbranched alkanes of at least 4 members (excludes halogenated alkanes) is 3. The van der Waals surface area contributed by atoms with Crippen molar-refractivity contribution in [2.45, 2.75) is 103 Å². The largest absolute Gasteiger partial charge is 0.492 e. The molecule has 1 aliphatic carbocycles. The minimum Gasteiger partial charge on any atom is -0.492 e. The van der Waals surface area contributed by atoms with Crippen molar-refractivity contribution in [2.24, 2.45) is 11.8 Å². The van der Waals surface area contributed by atoms with Gasteiger partial charge in [-0.1, -0.05) is 89.1 Å².